The second-order valence-electron chi connectivity index (χ2n) is 4.48. The predicted molar refractivity (Wildman–Crippen MR) is 73.2 cm³/mol. The Kier molecular flexibility index (Phi) is 4.07. The molecular weight excluding hydrogens is 303 g/mol. The maximum absolute atomic E-state index is 10.6. The van der Waals surface area contributed by atoms with Crippen molar-refractivity contribution in [1.29, 1.82) is 0 Å². The Bertz CT molecular complexity index is 769. The molecule has 1 aromatic carbocycles. The Morgan fingerprint density at radius 1 is 1.41 bits per heavy atom. The van der Waals surface area contributed by atoms with Gasteiger partial charge in [0.2, 0.25) is 0 Å². The number of phenolic OH excluding ortho intramolecular Hbond substituents is 1. The quantitative estimate of drug-likeness (QED) is 0.673. The normalized spacial score (nSPS) is 14.6. The number of nitrogens with one attached hydrogen (secondary N) is 1. The molecule has 118 valence electrons. The molecular formula is C13H12F3N3O3. The molecule has 1 aromatic rings. The van der Waals surface area contributed by atoms with Gasteiger partial charge in [-0.2, -0.15) is 13.2 Å². The highest BCUT2D eigenvalue weighted by atomic mass is 19.4. The topological polar surface area (TPSA) is 94.3 Å². The molecule has 0 spiro atoms. The van der Waals surface area contributed by atoms with E-state index in [9.17, 15) is 18.3 Å². The van der Waals surface area contributed by atoms with Crippen molar-refractivity contribution in [2.45, 2.75) is 12.6 Å². The third-order valence-corrected chi connectivity index (χ3v) is 3.10. The van der Waals surface area contributed by atoms with Crippen LogP contribution < -0.4 is 15.9 Å². The first-order valence-corrected chi connectivity index (χ1v) is 6.21. The molecule has 3 rings (SSSR count). The molecule has 0 saturated heterocycles. The number of aromatic hydroxyl groups is 1. The Labute approximate surface area is 122 Å². The molecule has 0 bridgehead atoms. The van der Waals surface area contributed by atoms with Crippen LogP contribution in [0.1, 0.15) is 6.42 Å². The van der Waals surface area contributed by atoms with Gasteiger partial charge in [0.25, 0.3) is 0 Å². The van der Waals surface area contributed by atoms with E-state index in [0.717, 1.165) is 23.5 Å². The summed E-state index contributed by atoms with van der Waals surface area (Å²) in [6.45, 7) is 0.807. The van der Waals surface area contributed by atoms with Crippen molar-refractivity contribution in [2.24, 2.45) is 9.98 Å². The monoisotopic (exact) mass is 315 g/mol. The van der Waals surface area contributed by atoms with Crippen LogP contribution in [0.25, 0.3) is 5.57 Å². The molecule has 9 heteroatoms. The Hall–Kier alpha value is -2.58. The van der Waals surface area contributed by atoms with Crippen molar-refractivity contribution in [3.05, 3.63) is 16.6 Å². The average Bonchev–Trinajstić information content (AvgIpc) is 2.88. The number of anilines is 1. The fourth-order valence-corrected chi connectivity index (χ4v) is 2.10. The van der Waals surface area contributed by atoms with E-state index in [-0.39, 0.29) is 5.75 Å². The van der Waals surface area contributed by atoms with E-state index in [2.05, 4.69) is 15.3 Å². The van der Waals surface area contributed by atoms with Crippen molar-refractivity contribution >= 4 is 29.1 Å². The molecule has 6 nitrogen and oxygen atoms in total. The van der Waals surface area contributed by atoms with Crippen molar-refractivity contribution < 1.29 is 28.2 Å². The number of aliphatic carboxylic acids is 1. The molecule has 0 unspecified atom stereocenters. The number of carbonyl (C=O) groups is 1. The Balaban J connectivity index is 0.000000217. The second kappa shape index (κ2) is 5.66. The van der Waals surface area contributed by atoms with E-state index in [4.69, 9.17) is 9.90 Å². The number of hydrogen-bond acceptors (Lipinski definition) is 5. The number of aliphatic imine (C=N–C) groups is 1. The van der Waals surface area contributed by atoms with Gasteiger partial charge in [-0.15, -0.1) is 0 Å². The molecule has 3 N–H and O–H groups in total. The molecule has 0 aliphatic carbocycles. The van der Waals surface area contributed by atoms with Crippen molar-refractivity contribution in [3.8, 4) is 5.75 Å². The molecule has 2 aliphatic rings. The largest absolute Gasteiger partial charge is 0.504 e. The summed E-state index contributed by atoms with van der Waals surface area (Å²) >= 11 is 0. The smallest absolute Gasteiger partial charge is 0.490 e. The summed E-state index contributed by atoms with van der Waals surface area (Å²) in [7, 11) is 1.78. The first-order chi connectivity index (χ1) is 10.3. The van der Waals surface area contributed by atoms with Crippen LogP contribution in [0, 0.1) is 0 Å². The molecule has 2 aliphatic heterocycles. The standard InChI is InChI=1S/C11H11N3O.C2HF3O2/c1-12-8-4-7-9-6(2-3-13-7)5-14-10(9)11(8)15;3-2(4,5)1(6)7/h4-5,12,15H,2-3H2,1H3;(H,6,7). The SMILES string of the molecule is CNc1cc2c3c(c1O)N=CC=3CCN=2.O=C(O)C(F)(F)F. The van der Waals surface area contributed by atoms with E-state index in [1.165, 1.54) is 5.57 Å². The van der Waals surface area contributed by atoms with Crippen LogP contribution in [-0.2, 0) is 4.79 Å². The highest BCUT2D eigenvalue weighted by molar-refractivity contribution is 6.08. The molecule has 22 heavy (non-hydrogen) atoms. The summed E-state index contributed by atoms with van der Waals surface area (Å²) in [5.74, 6) is -2.54. The molecule has 2 heterocycles. The van der Waals surface area contributed by atoms with Crippen molar-refractivity contribution in [3.63, 3.8) is 0 Å². The number of halogens is 3. The lowest BCUT2D eigenvalue weighted by Crippen LogP contribution is -2.30. The molecule has 0 atom stereocenters. The predicted octanol–water partition coefficient (Wildman–Crippen LogP) is 0.957. The summed E-state index contributed by atoms with van der Waals surface area (Å²) < 4.78 is 31.7. The van der Waals surface area contributed by atoms with Gasteiger partial charge in [0, 0.05) is 25.0 Å². The maximum Gasteiger partial charge on any atom is 0.490 e. The van der Waals surface area contributed by atoms with Gasteiger partial charge in [0.15, 0.2) is 5.75 Å². The highest BCUT2D eigenvalue weighted by Crippen LogP contribution is 2.32. The molecule has 0 amide bonds. The minimum atomic E-state index is -5.08. The van der Waals surface area contributed by atoms with Gasteiger partial charge in [-0.25, -0.2) is 4.79 Å². The third kappa shape index (κ3) is 2.87. The number of rotatable bonds is 1. The van der Waals surface area contributed by atoms with E-state index in [0.29, 0.717) is 11.4 Å². The minimum absolute atomic E-state index is 0.222. The van der Waals surface area contributed by atoms with E-state index >= 15 is 0 Å². The number of benzene rings is 1. The van der Waals surface area contributed by atoms with Gasteiger partial charge < -0.3 is 15.5 Å². The zero-order valence-corrected chi connectivity index (χ0v) is 11.4. The number of phenols is 1. The first kappa shape index (κ1) is 15.8. The lowest BCUT2D eigenvalue weighted by molar-refractivity contribution is -0.192. The van der Waals surface area contributed by atoms with Gasteiger partial charge in [-0.1, -0.05) is 0 Å². The van der Waals surface area contributed by atoms with Gasteiger partial charge >= 0.3 is 12.1 Å². The number of alkyl halides is 3. The fourth-order valence-electron chi connectivity index (χ4n) is 2.10. The second-order valence-corrected chi connectivity index (χ2v) is 4.48. The van der Waals surface area contributed by atoms with Crippen LogP contribution in [0.5, 0.6) is 5.75 Å². The Morgan fingerprint density at radius 3 is 2.59 bits per heavy atom. The third-order valence-electron chi connectivity index (χ3n) is 3.10. The fraction of sp³-hybridized carbons (Fsp3) is 0.308. The van der Waals surface area contributed by atoms with Gasteiger partial charge in [-0.05, 0) is 18.1 Å². The van der Waals surface area contributed by atoms with Crippen LogP contribution in [0.3, 0.4) is 0 Å². The summed E-state index contributed by atoms with van der Waals surface area (Å²) in [5.41, 5.74) is 2.54. The Morgan fingerprint density at radius 2 is 2.05 bits per heavy atom. The first-order valence-electron chi connectivity index (χ1n) is 6.21. The van der Waals surface area contributed by atoms with Crippen LogP contribution in [0.4, 0.5) is 24.5 Å². The molecule has 0 fully saturated rings. The zero-order valence-electron chi connectivity index (χ0n) is 11.4. The van der Waals surface area contributed by atoms with Crippen LogP contribution in [0.2, 0.25) is 0 Å². The van der Waals surface area contributed by atoms with Crippen LogP contribution in [0.15, 0.2) is 16.1 Å². The molecule has 0 saturated carbocycles. The number of carboxylic acid groups (broad SMARTS) is 1. The molecule has 0 radical (unpaired) electrons. The van der Waals surface area contributed by atoms with Crippen LogP contribution >= 0.6 is 0 Å². The minimum Gasteiger partial charge on any atom is -0.504 e. The van der Waals surface area contributed by atoms with Crippen LogP contribution in [-0.4, -0.2) is 42.2 Å². The summed E-state index contributed by atoms with van der Waals surface area (Å²) in [5, 5.41) is 22.0. The summed E-state index contributed by atoms with van der Waals surface area (Å²) in [6.07, 6.45) is -2.33. The van der Waals surface area contributed by atoms with Gasteiger partial charge in [0.1, 0.15) is 5.69 Å². The number of hydrogen-bond donors (Lipinski definition) is 3. The molecule has 0 aromatic heterocycles. The average molecular weight is 315 g/mol. The maximum atomic E-state index is 10.6. The lowest BCUT2D eigenvalue weighted by Gasteiger charge is -2.08. The highest BCUT2D eigenvalue weighted by Gasteiger charge is 2.38. The summed E-state index contributed by atoms with van der Waals surface area (Å²) in [4.78, 5) is 17.6. The van der Waals surface area contributed by atoms with Crippen molar-refractivity contribution in [2.75, 3.05) is 18.9 Å². The van der Waals surface area contributed by atoms with E-state index in [1.54, 1.807) is 7.05 Å². The lowest BCUT2D eigenvalue weighted by atomic mass is 10.1. The van der Waals surface area contributed by atoms with Gasteiger partial charge in [0.05, 0.1) is 11.0 Å². The summed E-state index contributed by atoms with van der Waals surface area (Å²) in [6, 6.07) is 1.88. The van der Waals surface area contributed by atoms with Gasteiger partial charge in [-0.3, -0.25) is 9.98 Å². The number of nitrogens with zero attached hydrogens (tertiary/aromatic N) is 2. The van der Waals surface area contributed by atoms with E-state index < -0.39 is 12.1 Å². The van der Waals surface area contributed by atoms with Crippen molar-refractivity contribution in [1.82, 2.24) is 0 Å². The number of carboxylic acids is 1. The van der Waals surface area contributed by atoms with E-state index in [1.807, 2.05) is 12.3 Å². The zero-order chi connectivity index (χ0) is 16.5.